The second-order valence-electron chi connectivity index (χ2n) is 5.55. The molecule has 5 heteroatoms. The van der Waals surface area contributed by atoms with Gasteiger partial charge in [-0.3, -0.25) is 0 Å². The molecular formula is C16H26O5. The monoisotopic (exact) mass is 298 g/mol. The lowest BCUT2D eigenvalue weighted by molar-refractivity contribution is -0.0370. The van der Waals surface area contributed by atoms with Crippen LogP contribution in [-0.4, -0.2) is 52.0 Å². The van der Waals surface area contributed by atoms with E-state index in [1.165, 1.54) is 0 Å². The fourth-order valence-corrected chi connectivity index (χ4v) is 2.10. The maximum atomic E-state index is 9.85. The van der Waals surface area contributed by atoms with Crippen LogP contribution < -0.4 is 0 Å². The topological polar surface area (TPSA) is 90.2 Å². The molecule has 0 saturated carbocycles. The summed E-state index contributed by atoms with van der Waals surface area (Å²) in [6.45, 7) is 2.53. The number of rotatable bonds is 10. The molecule has 0 heterocycles. The lowest BCUT2D eigenvalue weighted by Gasteiger charge is -2.22. The van der Waals surface area contributed by atoms with Crippen LogP contribution in [0.1, 0.15) is 25.3 Å². The molecule has 21 heavy (non-hydrogen) atoms. The molecule has 1 rings (SSSR count). The number of aliphatic hydroxyl groups is 4. The molecule has 0 bridgehead atoms. The van der Waals surface area contributed by atoms with Gasteiger partial charge in [-0.2, -0.15) is 0 Å². The van der Waals surface area contributed by atoms with Crippen LogP contribution in [0.15, 0.2) is 30.3 Å². The van der Waals surface area contributed by atoms with Crippen molar-refractivity contribution in [3.8, 4) is 0 Å². The fourth-order valence-electron chi connectivity index (χ4n) is 2.10. The normalized spacial score (nSPS) is 17.2. The summed E-state index contributed by atoms with van der Waals surface area (Å²) in [5, 5.41) is 37.5. The molecule has 4 N–H and O–H groups in total. The minimum absolute atomic E-state index is 0.0325. The molecule has 0 aliphatic carbocycles. The molecule has 0 amide bonds. The minimum Gasteiger partial charge on any atom is -0.394 e. The van der Waals surface area contributed by atoms with Crippen molar-refractivity contribution in [3.63, 3.8) is 0 Å². The van der Waals surface area contributed by atoms with Crippen molar-refractivity contribution >= 4 is 0 Å². The summed E-state index contributed by atoms with van der Waals surface area (Å²) in [4.78, 5) is 0. The van der Waals surface area contributed by atoms with Crippen LogP contribution in [-0.2, 0) is 11.3 Å². The standard InChI is InChI=1S/C16H26O5/c1-12(7-15(19)16(20)8-14(18)9-17)10-21-11-13-5-3-2-4-6-13/h2-6,12,14-20H,7-11H2,1H3/t12-,14-,15-,16-/m1/s1. The van der Waals surface area contributed by atoms with E-state index in [4.69, 9.17) is 9.84 Å². The Bertz CT molecular complexity index is 370. The third-order valence-corrected chi connectivity index (χ3v) is 3.33. The van der Waals surface area contributed by atoms with Gasteiger partial charge in [-0.15, -0.1) is 0 Å². The van der Waals surface area contributed by atoms with Crippen molar-refractivity contribution < 1.29 is 25.2 Å². The van der Waals surface area contributed by atoms with E-state index >= 15 is 0 Å². The fraction of sp³-hybridized carbons (Fsp3) is 0.625. The van der Waals surface area contributed by atoms with Gasteiger partial charge < -0.3 is 25.2 Å². The molecule has 4 atom stereocenters. The third-order valence-electron chi connectivity index (χ3n) is 3.33. The number of aliphatic hydroxyl groups excluding tert-OH is 4. The summed E-state index contributed by atoms with van der Waals surface area (Å²) in [7, 11) is 0. The molecule has 1 aromatic carbocycles. The molecule has 0 aromatic heterocycles. The maximum Gasteiger partial charge on any atom is 0.0824 e. The number of benzene rings is 1. The van der Waals surface area contributed by atoms with Gasteiger partial charge in [0.25, 0.3) is 0 Å². The van der Waals surface area contributed by atoms with Crippen LogP contribution in [0.4, 0.5) is 0 Å². The summed E-state index contributed by atoms with van der Waals surface area (Å²) < 4.78 is 5.58. The molecule has 120 valence electrons. The van der Waals surface area contributed by atoms with E-state index in [2.05, 4.69) is 0 Å². The number of hydrogen-bond acceptors (Lipinski definition) is 5. The van der Waals surface area contributed by atoms with Gasteiger partial charge in [0.15, 0.2) is 0 Å². The van der Waals surface area contributed by atoms with E-state index in [0.717, 1.165) is 5.56 Å². The zero-order chi connectivity index (χ0) is 15.7. The van der Waals surface area contributed by atoms with E-state index < -0.39 is 24.9 Å². The molecule has 0 aliphatic rings. The van der Waals surface area contributed by atoms with Gasteiger partial charge in [-0.05, 0) is 17.9 Å². The van der Waals surface area contributed by atoms with Gasteiger partial charge in [0.05, 0.1) is 31.5 Å². The average molecular weight is 298 g/mol. The van der Waals surface area contributed by atoms with Gasteiger partial charge in [0, 0.05) is 13.0 Å². The van der Waals surface area contributed by atoms with Crippen LogP contribution in [0.25, 0.3) is 0 Å². The SMILES string of the molecule is C[C@@H](COCc1ccccc1)C[C@@H](O)[C@H](O)C[C@@H](O)CO. The smallest absolute Gasteiger partial charge is 0.0824 e. The Kier molecular flexibility index (Phi) is 8.49. The van der Waals surface area contributed by atoms with Crippen LogP contribution in [0.5, 0.6) is 0 Å². The van der Waals surface area contributed by atoms with Crippen LogP contribution in [0, 0.1) is 5.92 Å². The molecule has 0 spiro atoms. The van der Waals surface area contributed by atoms with Crippen LogP contribution in [0.2, 0.25) is 0 Å². The molecule has 5 nitrogen and oxygen atoms in total. The summed E-state index contributed by atoms with van der Waals surface area (Å²) in [5.74, 6) is 0.0876. The Morgan fingerprint density at radius 1 is 1.00 bits per heavy atom. The van der Waals surface area contributed by atoms with E-state index in [1.807, 2.05) is 37.3 Å². The summed E-state index contributed by atoms with van der Waals surface area (Å²) in [5.41, 5.74) is 1.09. The van der Waals surface area contributed by atoms with Crippen LogP contribution in [0.3, 0.4) is 0 Å². The molecule has 0 saturated heterocycles. The second kappa shape index (κ2) is 9.87. The Morgan fingerprint density at radius 2 is 1.62 bits per heavy atom. The summed E-state index contributed by atoms with van der Waals surface area (Å²) in [6, 6.07) is 9.83. The van der Waals surface area contributed by atoms with Crippen molar-refractivity contribution in [3.05, 3.63) is 35.9 Å². The first kappa shape index (κ1) is 18.1. The highest BCUT2D eigenvalue weighted by molar-refractivity contribution is 5.13. The summed E-state index contributed by atoms with van der Waals surface area (Å²) in [6.07, 6.45) is -2.62. The van der Waals surface area contributed by atoms with Gasteiger partial charge in [-0.25, -0.2) is 0 Å². The molecule has 1 aromatic rings. The van der Waals surface area contributed by atoms with E-state index in [-0.39, 0.29) is 12.3 Å². The van der Waals surface area contributed by atoms with Crippen molar-refractivity contribution in [2.24, 2.45) is 5.92 Å². The van der Waals surface area contributed by atoms with Crippen LogP contribution >= 0.6 is 0 Å². The Morgan fingerprint density at radius 3 is 2.24 bits per heavy atom. The zero-order valence-electron chi connectivity index (χ0n) is 12.4. The first-order chi connectivity index (χ1) is 10.0. The molecule has 0 fully saturated rings. The number of hydrogen-bond donors (Lipinski definition) is 4. The Hall–Kier alpha value is -0.980. The predicted octanol–water partition coefficient (Wildman–Crippen LogP) is 0.694. The van der Waals surface area contributed by atoms with Crippen molar-refractivity contribution in [1.82, 2.24) is 0 Å². The Balaban J connectivity index is 2.21. The number of ether oxygens (including phenoxy) is 1. The van der Waals surface area contributed by atoms with E-state index in [0.29, 0.717) is 19.6 Å². The van der Waals surface area contributed by atoms with Crippen molar-refractivity contribution in [1.29, 1.82) is 0 Å². The minimum atomic E-state index is -1.04. The summed E-state index contributed by atoms with van der Waals surface area (Å²) >= 11 is 0. The van der Waals surface area contributed by atoms with Gasteiger partial charge >= 0.3 is 0 Å². The molecule has 0 unspecified atom stereocenters. The first-order valence-corrected chi connectivity index (χ1v) is 7.29. The third kappa shape index (κ3) is 7.55. The first-order valence-electron chi connectivity index (χ1n) is 7.29. The second-order valence-corrected chi connectivity index (χ2v) is 5.55. The van der Waals surface area contributed by atoms with Gasteiger partial charge in [0.1, 0.15) is 0 Å². The highest BCUT2D eigenvalue weighted by Gasteiger charge is 2.21. The van der Waals surface area contributed by atoms with Crippen molar-refractivity contribution in [2.75, 3.05) is 13.2 Å². The quantitative estimate of drug-likeness (QED) is 0.510. The zero-order valence-corrected chi connectivity index (χ0v) is 12.4. The maximum absolute atomic E-state index is 9.85. The van der Waals surface area contributed by atoms with Gasteiger partial charge in [0.2, 0.25) is 0 Å². The van der Waals surface area contributed by atoms with Gasteiger partial charge in [-0.1, -0.05) is 37.3 Å². The average Bonchev–Trinajstić information content (AvgIpc) is 2.48. The lowest BCUT2D eigenvalue weighted by Crippen LogP contribution is -2.33. The Labute approximate surface area is 125 Å². The lowest BCUT2D eigenvalue weighted by atomic mass is 9.97. The molecular weight excluding hydrogens is 272 g/mol. The highest BCUT2D eigenvalue weighted by Crippen LogP contribution is 2.14. The molecule has 0 aliphatic heterocycles. The van der Waals surface area contributed by atoms with E-state index in [9.17, 15) is 15.3 Å². The highest BCUT2D eigenvalue weighted by atomic mass is 16.5. The van der Waals surface area contributed by atoms with E-state index in [1.54, 1.807) is 0 Å². The van der Waals surface area contributed by atoms with Crippen molar-refractivity contribution in [2.45, 2.75) is 44.7 Å². The molecule has 0 radical (unpaired) electrons. The largest absolute Gasteiger partial charge is 0.394 e. The predicted molar refractivity (Wildman–Crippen MR) is 79.6 cm³/mol.